The molecule has 1 N–H and O–H groups in total. The molecule has 3 nitrogen and oxygen atoms in total. The summed E-state index contributed by atoms with van der Waals surface area (Å²) in [5.74, 6) is 0. The molecule has 70 valence electrons. The summed E-state index contributed by atoms with van der Waals surface area (Å²) >= 11 is 5.92. The van der Waals surface area contributed by atoms with Gasteiger partial charge in [-0.15, -0.1) is 0 Å². The minimum atomic E-state index is 0.573. The van der Waals surface area contributed by atoms with Crippen molar-refractivity contribution in [2.75, 3.05) is 19.0 Å². The summed E-state index contributed by atoms with van der Waals surface area (Å²) in [4.78, 5) is 1.95. The molecule has 0 unspecified atom stereocenters. The molecule has 1 rings (SSSR count). The SMILES string of the molecule is CN(C)c1ccc(C=NO)c(Cl)c1. The largest absolute Gasteiger partial charge is 0.411 e. The molecule has 0 amide bonds. The molecule has 0 atom stereocenters. The smallest absolute Gasteiger partial charge is 0.0748 e. The second-order valence-corrected chi connectivity index (χ2v) is 3.25. The second-order valence-electron chi connectivity index (χ2n) is 2.84. The van der Waals surface area contributed by atoms with Crippen LogP contribution in [-0.4, -0.2) is 25.5 Å². The van der Waals surface area contributed by atoms with E-state index in [0.29, 0.717) is 10.6 Å². The zero-order chi connectivity index (χ0) is 9.84. The lowest BCUT2D eigenvalue weighted by Gasteiger charge is -2.12. The first-order chi connectivity index (χ1) is 6.15. The van der Waals surface area contributed by atoms with E-state index in [9.17, 15) is 0 Å². The molecule has 0 bridgehead atoms. The zero-order valence-electron chi connectivity index (χ0n) is 7.53. The highest BCUT2D eigenvalue weighted by Crippen LogP contribution is 2.21. The maximum absolute atomic E-state index is 8.32. The Labute approximate surface area is 82.2 Å². The number of anilines is 1. The van der Waals surface area contributed by atoms with Gasteiger partial charge < -0.3 is 10.1 Å². The predicted molar refractivity (Wildman–Crippen MR) is 55.2 cm³/mol. The molecule has 0 spiro atoms. The fourth-order valence-electron chi connectivity index (χ4n) is 0.961. The summed E-state index contributed by atoms with van der Waals surface area (Å²) in [5.41, 5.74) is 1.72. The van der Waals surface area contributed by atoms with Gasteiger partial charge in [0.15, 0.2) is 0 Å². The topological polar surface area (TPSA) is 35.8 Å². The number of nitrogens with zero attached hydrogens (tertiary/aromatic N) is 2. The van der Waals surface area contributed by atoms with Crippen LogP contribution in [0.2, 0.25) is 5.02 Å². The fraction of sp³-hybridized carbons (Fsp3) is 0.222. The van der Waals surface area contributed by atoms with E-state index in [-0.39, 0.29) is 0 Å². The van der Waals surface area contributed by atoms with E-state index >= 15 is 0 Å². The van der Waals surface area contributed by atoms with Crippen LogP contribution in [0.3, 0.4) is 0 Å². The minimum absolute atomic E-state index is 0.573. The van der Waals surface area contributed by atoms with Gasteiger partial charge in [0.25, 0.3) is 0 Å². The molecule has 1 aromatic carbocycles. The van der Waals surface area contributed by atoms with Gasteiger partial charge in [-0.2, -0.15) is 0 Å². The average Bonchev–Trinajstić information content (AvgIpc) is 2.08. The van der Waals surface area contributed by atoms with Gasteiger partial charge in [0.2, 0.25) is 0 Å². The van der Waals surface area contributed by atoms with E-state index < -0.39 is 0 Å². The molecule has 0 fully saturated rings. The minimum Gasteiger partial charge on any atom is -0.411 e. The molecule has 0 aliphatic heterocycles. The Morgan fingerprint density at radius 3 is 2.62 bits per heavy atom. The van der Waals surface area contributed by atoms with Crippen LogP contribution in [-0.2, 0) is 0 Å². The highest BCUT2D eigenvalue weighted by molar-refractivity contribution is 6.33. The van der Waals surface area contributed by atoms with Crippen LogP contribution in [0.25, 0.3) is 0 Å². The van der Waals surface area contributed by atoms with Crippen molar-refractivity contribution in [3.05, 3.63) is 28.8 Å². The van der Waals surface area contributed by atoms with Gasteiger partial charge in [0.1, 0.15) is 0 Å². The zero-order valence-corrected chi connectivity index (χ0v) is 8.28. The molecule has 0 heterocycles. The summed E-state index contributed by atoms with van der Waals surface area (Å²) in [6, 6.07) is 5.53. The van der Waals surface area contributed by atoms with Crippen LogP contribution in [0.1, 0.15) is 5.56 Å². The lowest BCUT2D eigenvalue weighted by Crippen LogP contribution is -2.08. The number of hydrogen-bond acceptors (Lipinski definition) is 3. The Morgan fingerprint density at radius 2 is 2.15 bits per heavy atom. The molecule has 0 radical (unpaired) electrons. The quantitative estimate of drug-likeness (QED) is 0.449. The third-order valence-corrected chi connectivity index (χ3v) is 2.02. The normalized spacial score (nSPS) is 10.7. The van der Waals surface area contributed by atoms with Gasteiger partial charge in [0.05, 0.1) is 11.2 Å². The van der Waals surface area contributed by atoms with Crippen LogP contribution in [0.4, 0.5) is 5.69 Å². The summed E-state index contributed by atoms with van der Waals surface area (Å²) < 4.78 is 0. The van der Waals surface area contributed by atoms with Gasteiger partial charge >= 0.3 is 0 Å². The van der Waals surface area contributed by atoms with Crippen molar-refractivity contribution in [1.29, 1.82) is 0 Å². The first kappa shape index (κ1) is 9.86. The summed E-state index contributed by atoms with van der Waals surface area (Å²) in [7, 11) is 3.87. The number of hydrogen-bond donors (Lipinski definition) is 1. The van der Waals surface area contributed by atoms with E-state index in [2.05, 4.69) is 5.16 Å². The van der Waals surface area contributed by atoms with Crippen LogP contribution >= 0.6 is 11.6 Å². The Balaban J connectivity index is 3.05. The van der Waals surface area contributed by atoms with Crippen LogP contribution in [0.5, 0.6) is 0 Å². The van der Waals surface area contributed by atoms with E-state index in [1.165, 1.54) is 6.21 Å². The van der Waals surface area contributed by atoms with Crippen molar-refractivity contribution in [2.45, 2.75) is 0 Å². The predicted octanol–water partition coefficient (Wildman–Crippen LogP) is 2.21. The standard InChI is InChI=1S/C9H11ClN2O/c1-12(2)8-4-3-7(6-11-13)9(10)5-8/h3-6,13H,1-2H3. The van der Waals surface area contributed by atoms with Crippen molar-refractivity contribution in [3.8, 4) is 0 Å². The van der Waals surface area contributed by atoms with Crippen LogP contribution in [0.15, 0.2) is 23.4 Å². The molecule has 1 aromatic rings. The Kier molecular flexibility index (Phi) is 3.14. The molecule has 0 aromatic heterocycles. The van der Waals surface area contributed by atoms with Gasteiger partial charge in [-0.05, 0) is 18.2 Å². The van der Waals surface area contributed by atoms with E-state index in [4.69, 9.17) is 16.8 Å². The highest BCUT2D eigenvalue weighted by Gasteiger charge is 2.00. The lowest BCUT2D eigenvalue weighted by molar-refractivity contribution is 0.322. The molecular formula is C9H11ClN2O. The first-order valence-electron chi connectivity index (χ1n) is 3.79. The maximum Gasteiger partial charge on any atom is 0.0748 e. The fourth-order valence-corrected chi connectivity index (χ4v) is 1.18. The molecule has 0 saturated carbocycles. The second kappa shape index (κ2) is 4.14. The summed E-state index contributed by atoms with van der Waals surface area (Å²) in [6.45, 7) is 0. The van der Waals surface area contributed by atoms with Crippen molar-refractivity contribution in [2.24, 2.45) is 5.16 Å². The van der Waals surface area contributed by atoms with Gasteiger partial charge in [-0.3, -0.25) is 0 Å². The van der Waals surface area contributed by atoms with Crippen molar-refractivity contribution < 1.29 is 5.21 Å². The van der Waals surface area contributed by atoms with E-state index in [1.807, 2.05) is 31.1 Å². The Hall–Kier alpha value is -1.22. The number of benzene rings is 1. The Bertz CT molecular complexity index is 323. The maximum atomic E-state index is 8.32. The van der Waals surface area contributed by atoms with Gasteiger partial charge in [0, 0.05) is 25.3 Å². The van der Waals surface area contributed by atoms with Gasteiger partial charge in [-0.25, -0.2) is 0 Å². The molecule has 0 saturated heterocycles. The summed E-state index contributed by atoms with van der Waals surface area (Å²) in [5, 5.41) is 11.8. The molecule has 0 aliphatic rings. The monoisotopic (exact) mass is 198 g/mol. The molecule has 4 heteroatoms. The van der Waals surface area contributed by atoms with Crippen LogP contribution < -0.4 is 4.90 Å². The van der Waals surface area contributed by atoms with Crippen molar-refractivity contribution in [3.63, 3.8) is 0 Å². The molecular weight excluding hydrogens is 188 g/mol. The molecule has 0 aliphatic carbocycles. The number of oxime groups is 1. The highest BCUT2D eigenvalue weighted by atomic mass is 35.5. The number of halogens is 1. The Morgan fingerprint density at radius 1 is 1.46 bits per heavy atom. The average molecular weight is 199 g/mol. The summed E-state index contributed by atoms with van der Waals surface area (Å²) in [6.07, 6.45) is 1.31. The van der Waals surface area contributed by atoms with E-state index in [1.54, 1.807) is 6.07 Å². The van der Waals surface area contributed by atoms with Crippen molar-refractivity contribution >= 4 is 23.5 Å². The van der Waals surface area contributed by atoms with Crippen LogP contribution in [0, 0.1) is 0 Å². The lowest BCUT2D eigenvalue weighted by atomic mass is 10.2. The number of rotatable bonds is 2. The van der Waals surface area contributed by atoms with Gasteiger partial charge in [-0.1, -0.05) is 16.8 Å². The molecule has 13 heavy (non-hydrogen) atoms. The van der Waals surface area contributed by atoms with Crippen molar-refractivity contribution in [1.82, 2.24) is 0 Å². The third-order valence-electron chi connectivity index (χ3n) is 1.70. The first-order valence-corrected chi connectivity index (χ1v) is 4.17. The van der Waals surface area contributed by atoms with E-state index in [0.717, 1.165) is 5.69 Å². The third kappa shape index (κ3) is 2.36.